The lowest BCUT2D eigenvalue weighted by atomic mass is 9.79. The second-order valence-corrected chi connectivity index (χ2v) is 5.27. The van der Waals surface area contributed by atoms with E-state index in [1.807, 2.05) is 17.9 Å². The van der Waals surface area contributed by atoms with E-state index in [4.69, 9.17) is 0 Å². The third-order valence-corrected chi connectivity index (χ3v) is 3.83. The summed E-state index contributed by atoms with van der Waals surface area (Å²) in [4.78, 5) is 0. The maximum atomic E-state index is 4.40. The SMILES string of the molecule is CC1CCCC(C)C1NCc1ccn(C)n1. The lowest BCUT2D eigenvalue weighted by molar-refractivity contribution is 0.207. The Kier molecular flexibility index (Phi) is 3.64. The standard InChI is InChI=1S/C13H23N3/c1-10-5-4-6-11(2)13(10)14-9-12-7-8-16(3)15-12/h7-8,10-11,13-14H,4-6,9H2,1-3H3. The van der Waals surface area contributed by atoms with E-state index in [1.54, 1.807) is 0 Å². The van der Waals surface area contributed by atoms with Crippen LogP contribution in [0.25, 0.3) is 0 Å². The molecule has 1 heterocycles. The van der Waals surface area contributed by atoms with E-state index in [0.29, 0.717) is 6.04 Å². The van der Waals surface area contributed by atoms with Crippen LogP contribution in [0, 0.1) is 11.8 Å². The van der Waals surface area contributed by atoms with Gasteiger partial charge in [0.05, 0.1) is 5.69 Å². The Morgan fingerprint density at radius 3 is 2.62 bits per heavy atom. The summed E-state index contributed by atoms with van der Waals surface area (Å²) in [5.74, 6) is 1.60. The molecule has 3 heteroatoms. The van der Waals surface area contributed by atoms with E-state index >= 15 is 0 Å². The van der Waals surface area contributed by atoms with Gasteiger partial charge in [-0.25, -0.2) is 0 Å². The van der Waals surface area contributed by atoms with Crippen molar-refractivity contribution in [3.63, 3.8) is 0 Å². The van der Waals surface area contributed by atoms with Crippen LogP contribution >= 0.6 is 0 Å². The molecular weight excluding hydrogens is 198 g/mol. The summed E-state index contributed by atoms with van der Waals surface area (Å²) in [7, 11) is 1.97. The highest BCUT2D eigenvalue weighted by Crippen LogP contribution is 2.28. The van der Waals surface area contributed by atoms with Crippen molar-refractivity contribution in [1.82, 2.24) is 15.1 Å². The van der Waals surface area contributed by atoms with Crippen LogP contribution in [0.15, 0.2) is 12.3 Å². The zero-order chi connectivity index (χ0) is 11.5. The molecule has 0 bridgehead atoms. The molecule has 0 amide bonds. The van der Waals surface area contributed by atoms with Gasteiger partial charge in [-0.3, -0.25) is 4.68 Å². The largest absolute Gasteiger partial charge is 0.308 e. The van der Waals surface area contributed by atoms with Crippen molar-refractivity contribution in [2.45, 2.75) is 45.7 Å². The molecule has 2 atom stereocenters. The first-order chi connectivity index (χ1) is 7.66. The second-order valence-electron chi connectivity index (χ2n) is 5.27. The van der Waals surface area contributed by atoms with Crippen LogP contribution in [-0.2, 0) is 13.6 Å². The number of aromatic nitrogens is 2. The smallest absolute Gasteiger partial charge is 0.0762 e. The Hall–Kier alpha value is -0.830. The fourth-order valence-electron chi connectivity index (χ4n) is 2.86. The highest BCUT2D eigenvalue weighted by atomic mass is 15.3. The summed E-state index contributed by atoms with van der Waals surface area (Å²) in [6.07, 6.45) is 6.13. The molecule has 0 aliphatic heterocycles. The highest BCUT2D eigenvalue weighted by Gasteiger charge is 2.26. The van der Waals surface area contributed by atoms with Gasteiger partial charge in [-0.2, -0.15) is 5.10 Å². The summed E-state index contributed by atoms with van der Waals surface area (Å²) in [6, 6.07) is 2.75. The first kappa shape index (κ1) is 11.6. The third-order valence-electron chi connectivity index (χ3n) is 3.83. The van der Waals surface area contributed by atoms with Crippen LogP contribution in [0.4, 0.5) is 0 Å². The van der Waals surface area contributed by atoms with Crippen LogP contribution in [0.3, 0.4) is 0 Å². The Bertz CT molecular complexity index is 322. The molecule has 0 radical (unpaired) electrons. The number of rotatable bonds is 3. The minimum atomic E-state index is 0.663. The van der Waals surface area contributed by atoms with Crippen molar-refractivity contribution in [1.29, 1.82) is 0 Å². The summed E-state index contributed by atoms with van der Waals surface area (Å²) in [6.45, 7) is 5.64. The fourth-order valence-corrected chi connectivity index (χ4v) is 2.86. The minimum absolute atomic E-state index is 0.663. The number of nitrogens with zero attached hydrogens (tertiary/aromatic N) is 2. The molecule has 1 fully saturated rings. The molecule has 0 aromatic carbocycles. The van der Waals surface area contributed by atoms with E-state index in [-0.39, 0.29) is 0 Å². The Morgan fingerprint density at radius 1 is 1.38 bits per heavy atom. The maximum Gasteiger partial charge on any atom is 0.0762 e. The zero-order valence-electron chi connectivity index (χ0n) is 10.6. The van der Waals surface area contributed by atoms with Crippen molar-refractivity contribution in [3.05, 3.63) is 18.0 Å². The van der Waals surface area contributed by atoms with Gasteiger partial charge in [0.2, 0.25) is 0 Å². The van der Waals surface area contributed by atoms with Gasteiger partial charge in [-0.15, -0.1) is 0 Å². The van der Waals surface area contributed by atoms with Gasteiger partial charge < -0.3 is 5.32 Å². The van der Waals surface area contributed by atoms with E-state index < -0.39 is 0 Å². The van der Waals surface area contributed by atoms with Crippen molar-refractivity contribution >= 4 is 0 Å². The van der Waals surface area contributed by atoms with Crippen molar-refractivity contribution < 1.29 is 0 Å². The molecule has 2 rings (SSSR count). The molecule has 1 saturated carbocycles. The van der Waals surface area contributed by atoms with Gasteiger partial charge in [0.25, 0.3) is 0 Å². The lowest BCUT2D eigenvalue weighted by Crippen LogP contribution is -2.42. The van der Waals surface area contributed by atoms with Gasteiger partial charge in [-0.05, 0) is 30.7 Å². The Balaban J connectivity index is 1.88. The van der Waals surface area contributed by atoms with Crippen molar-refractivity contribution in [2.24, 2.45) is 18.9 Å². The van der Waals surface area contributed by atoms with Crippen molar-refractivity contribution in [2.75, 3.05) is 0 Å². The van der Waals surface area contributed by atoms with Gasteiger partial charge in [-0.1, -0.05) is 20.3 Å². The molecule has 2 unspecified atom stereocenters. The van der Waals surface area contributed by atoms with Gasteiger partial charge in [0.1, 0.15) is 0 Å². The monoisotopic (exact) mass is 221 g/mol. The van der Waals surface area contributed by atoms with Gasteiger partial charge in [0.15, 0.2) is 0 Å². The third kappa shape index (κ3) is 2.64. The van der Waals surface area contributed by atoms with Crippen LogP contribution < -0.4 is 5.32 Å². The number of hydrogen-bond donors (Lipinski definition) is 1. The molecule has 3 nitrogen and oxygen atoms in total. The Labute approximate surface area is 98.2 Å². The second kappa shape index (κ2) is 5.00. The van der Waals surface area contributed by atoms with Crippen LogP contribution in [0.1, 0.15) is 38.8 Å². The summed E-state index contributed by atoms with van der Waals surface area (Å²) < 4.78 is 1.87. The molecule has 16 heavy (non-hydrogen) atoms. The predicted octanol–water partition coefficient (Wildman–Crippen LogP) is 2.33. The van der Waals surface area contributed by atoms with Crippen molar-refractivity contribution in [3.8, 4) is 0 Å². The molecular formula is C13H23N3. The van der Waals surface area contributed by atoms with Gasteiger partial charge in [0, 0.05) is 25.8 Å². The van der Waals surface area contributed by atoms with Crippen LogP contribution in [0.2, 0.25) is 0 Å². The molecule has 0 saturated heterocycles. The molecule has 1 aromatic heterocycles. The summed E-state index contributed by atoms with van der Waals surface area (Å²) in [5.41, 5.74) is 1.15. The summed E-state index contributed by atoms with van der Waals surface area (Å²) >= 11 is 0. The van der Waals surface area contributed by atoms with E-state index in [1.165, 1.54) is 19.3 Å². The van der Waals surface area contributed by atoms with Crippen LogP contribution in [0.5, 0.6) is 0 Å². The maximum absolute atomic E-state index is 4.40. The Morgan fingerprint density at radius 2 is 2.06 bits per heavy atom. The molecule has 90 valence electrons. The first-order valence-electron chi connectivity index (χ1n) is 6.38. The first-order valence-corrected chi connectivity index (χ1v) is 6.38. The quantitative estimate of drug-likeness (QED) is 0.849. The molecule has 1 aromatic rings. The van der Waals surface area contributed by atoms with E-state index in [2.05, 4.69) is 30.3 Å². The normalized spacial score (nSPS) is 30.6. The van der Waals surface area contributed by atoms with E-state index in [9.17, 15) is 0 Å². The van der Waals surface area contributed by atoms with E-state index in [0.717, 1.165) is 24.1 Å². The predicted molar refractivity (Wildman–Crippen MR) is 66.0 cm³/mol. The number of aryl methyl sites for hydroxylation is 1. The van der Waals surface area contributed by atoms with Gasteiger partial charge >= 0.3 is 0 Å². The lowest BCUT2D eigenvalue weighted by Gasteiger charge is -2.35. The molecule has 0 spiro atoms. The van der Waals surface area contributed by atoms with Crippen LogP contribution in [-0.4, -0.2) is 15.8 Å². The highest BCUT2D eigenvalue weighted by molar-refractivity contribution is 4.99. The topological polar surface area (TPSA) is 29.9 Å². The number of hydrogen-bond acceptors (Lipinski definition) is 2. The minimum Gasteiger partial charge on any atom is -0.308 e. The fraction of sp³-hybridized carbons (Fsp3) is 0.769. The summed E-state index contributed by atoms with van der Waals surface area (Å²) in [5, 5.41) is 8.07. The average Bonchev–Trinajstić information content (AvgIpc) is 2.63. The zero-order valence-corrected chi connectivity index (χ0v) is 10.6. The molecule has 1 aliphatic carbocycles. The average molecular weight is 221 g/mol. The number of nitrogens with one attached hydrogen (secondary N) is 1. The molecule has 1 N–H and O–H groups in total. The molecule has 1 aliphatic rings.